The number of aryl methyl sites for hydroxylation is 1. The molecule has 1 fully saturated rings. The first-order valence-corrected chi connectivity index (χ1v) is 8.06. The van der Waals surface area contributed by atoms with Crippen LogP contribution in [0.1, 0.15) is 25.8 Å². The molecule has 136 valence electrons. The summed E-state index contributed by atoms with van der Waals surface area (Å²) < 4.78 is 2.69. The molecule has 0 spiro atoms. The molecule has 0 amide bonds. The van der Waals surface area contributed by atoms with Crippen molar-refractivity contribution in [2.24, 2.45) is 13.0 Å². The summed E-state index contributed by atoms with van der Waals surface area (Å²) in [6, 6.07) is 3.84. The van der Waals surface area contributed by atoms with Crippen LogP contribution in [0.25, 0.3) is 10.9 Å². The van der Waals surface area contributed by atoms with Crippen LogP contribution in [0.15, 0.2) is 27.8 Å². The van der Waals surface area contributed by atoms with Crippen LogP contribution in [0.2, 0.25) is 0 Å². The van der Waals surface area contributed by atoms with Crippen molar-refractivity contribution < 1.29 is 4.92 Å². The number of nitro benzene ring substituents is 1. The Balaban J connectivity index is 0.00000225. The Morgan fingerprint density at radius 1 is 1.36 bits per heavy atom. The molecule has 0 aliphatic carbocycles. The van der Waals surface area contributed by atoms with Gasteiger partial charge in [0, 0.05) is 25.2 Å². The molecule has 1 aromatic heterocycles. The fourth-order valence-corrected chi connectivity index (χ4v) is 3.54. The quantitative estimate of drug-likeness (QED) is 0.611. The normalized spacial score (nSPS) is 20.2. The SMILES string of the molecule is Br.CCC1CNCCC1n1c(=O)c2cc([N+](=O)[O-])ccc2n(C)c1=O. The number of benzene rings is 1. The van der Waals surface area contributed by atoms with Gasteiger partial charge in [0.05, 0.1) is 15.8 Å². The molecule has 2 aromatic rings. The Bertz CT molecular complexity index is 921. The van der Waals surface area contributed by atoms with Crippen molar-refractivity contribution in [2.45, 2.75) is 25.8 Å². The van der Waals surface area contributed by atoms with Crippen LogP contribution in [0.5, 0.6) is 0 Å². The first-order valence-electron chi connectivity index (χ1n) is 8.06. The van der Waals surface area contributed by atoms with E-state index in [1.54, 1.807) is 7.05 Å². The van der Waals surface area contributed by atoms with Crippen LogP contribution in [0, 0.1) is 16.0 Å². The highest BCUT2D eigenvalue weighted by Gasteiger charge is 2.29. The smallest absolute Gasteiger partial charge is 0.316 e. The van der Waals surface area contributed by atoms with Gasteiger partial charge in [-0.25, -0.2) is 4.79 Å². The minimum atomic E-state index is -0.534. The van der Waals surface area contributed by atoms with Gasteiger partial charge in [0.1, 0.15) is 0 Å². The molecule has 1 aromatic carbocycles. The number of halogens is 1. The van der Waals surface area contributed by atoms with Crippen molar-refractivity contribution in [3.05, 3.63) is 49.2 Å². The third-order valence-electron chi connectivity index (χ3n) is 4.92. The van der Waals surface area contributed by atoms with E-state index in [4.69, 9.17) is 0 Å². The lowest BCUT2D eigenvalue weighted by atomic mass is 9.91. The summed E-state index contributed by atoms with van der Waals surface area (Å²) in [6.07, 6.45) is 1.54. The topological polar surface area (TPSA) is 99.2 Å². The average Bonchev–Trinajstić information content (AvgIpc) is 2.60. The Labute approximate surface area is 154 Å². The van der Waals surface area contributed by atoms with Crippen LogP contribution in [-0.4, -0.2) is 27.1 Å². The Kier molecular flexibility index (Phi) is 5.79. The summed E-state index contributed by atoms with van der Waals surface area (Å²) in [4.78, 5) is 36.2. The van der Waals surface area contributed by atoms with Crippen LogP contribution in [0.4, 0.5) is 5.69 Å². The average molecular weight is 413 g/mol. The van der Waals surface area contributed by atoms with E-state index in [0.717, 1.165) is 19.5 Å². The highest BCUT2D eigenvalue weighted by molar-refractivity contribution is 8.93. The van der Waals surface area contributed by atoms with E-state index in [9.17, 15) is 19.7 Å². The van der Waals surface area contributed by atoms with Gasteiger partial charge in [-0.1, -0.05) is 13.3 Å². The molecule has 8 nitrogen and oxygen atoms in total. The highest BCUT2D eigenvalue weighted by atomic mass is 79.9. The van der Waals surface area contributed by atoms with Crippen molar-refractivity contribution in [3.63, 3.8) is 0 Å². The number of aromatic nitrogens is 2. The lowest BCUT2D eigenvalue weighted by Crippen LogP contribution is -2.48. The molecular weight excluding hydrogens is 392 g/mol. The zero-order valence-corrected chi connectivity index (χ0v) is 15.8. The molecule has 0 radical (unpaired) electrons. The largest absolute Gasteiger partial charge is 0.331 e. The predicted octanol–water partition coefficient (Wildman–Crippen LogP) is 1.75. The summed E-state index contributed by atoms with van der Waals surface area (Å²) in [5.41, 5.74) is -0.551. The molecule has 2 unspecified atom stereocenters. The minimum Gasteiger partial charge on any atom is -0.316 e. The summed E-state index contributed by atoms with van der Waals surface area (Å²) in [5.74, 6) is 0.181. The Morgan fingerprint density at radius 2 is 2.08 bits per heavy atom. The zero-order chi connectivity index (χ0) is 17.4. The monoisotopic (exact) mass is 412 g/mol. The number of non-ortho nitro benzene ring substituents is 1. The van der Waals surface area contributed by atoms with Gasteiger partial charge in [-0.15, -0.1) is 17.0 Å². The molecule has 1 aliphatic rings. The number of nitrogens with one attached hydrogen (secondary N) is 1. The summed E-state index contributed by atoms with van der Waals surface area (Å²) in [7, 11) is 1.59. The van der Waals surface area contributed by atoms with Gasteiger partial charge in [-0.05, 0) is 31.5 Å². The van der Waals surface area contributed by atoms with Crippen molar-refractivity contribution in [3.8, 4) is 0 Å². The summed E-state index contributed by atoms with van der Waals surface area (Å²) in [5, 5.41) is 14.5. The fourth-order valence-electron chi connectivity index (χ4n) is 3.54. The van der Waals surface area contributed by atoms with Crippen molar-refractivity contribution in [1.29, 1.82) is 0 Å². The van der Waals surface area contributed by atoms with Gasteiger partial charge in [0.15, 0.2) is 0 Å². The molecule has 2 atom stereocenters. The molecule has 1 saturated heterocycles. The molecule has 2 heterocycles. The summed E-state index contributed by atoms with van der Waals surface area (Å²) >= 11 is 0. The van der Waals surface area contributed by atoms with Crippen LogP contribution in [-0.2, 0) is 7.05 Å². The molecule has 25 heavy (non-hydrogen) atoms. The van der Waals surface area contributed by atoms with Gasteiger partial charge < -0.3 is 5.32 Å². The molecule has 3 rings (SSSR count). The lowest BCUT2D eigenvalue weighted by Gasteiger charge is -2.32. The number of rotatable bonds is 3. The zero-order valence-electron chi connectivity index (χ0n) is 14.1. The second kappa shape index (κ2) is 7.49. The van der Waals surface area contributed by atoms with E-state index in [0.29, 0.717) is 11.9 Å². The molecule has 0 bridgehead atoms. The van der Waals surface area contributed by atoms with Crippen molar-refractivity contribution >= 4 is 33.6 Å². The Morgan fingerprint density at radius 3 is 2.72 bits per heavy atom. The summed E-state index contributed by atoms with van der Waals surface area (Å²) in [6.45, 7) is 3.53. The highest BCUT2D eigenvalue weighted by Crippen LogP contribution is 2.26. The number of hydrogen-bond donors (Lipinski definition) is 1. The third-order valence-corrected chi connectivity index (χ3v) is 4.92. The predicted molar refractivity (Wildman–Crippen MR) is 101 cm³/mol. The van der Waals surface area contributed by atoms with Crippen LogP contribution >= 0.6 is 17.0 Å². The van der Waals surface area contributed by atoms with E-state index in [2.05, 4.69) is 5.32 Å². The number of nitrogens with zero attached hydrogens (tertiary/aromatic N) is 3. The van der Waals surface area contributed by atoms with E-state index >= 15 is 0 Å². The van der Waals surface area contributed by atoms with E-state index in [-0.39, 0.29) is 45.7 Å². The third kappa shape index (κ3) is 3.25. The fraction of sp³-hybridized carbons (Fsp3) is 0.500. The molecule has 0 saturated carbocycles. The Hall–Kier alpha value is -2.00. The van der Waals surface area contributed by atoms with Gasteiger partial charge in [-0.2, -0.15) is 0 Å². The standard InChI is InChI=1S/C16H20N4O4.BrH/c1-3-10-9-17-7-6-13(10)19-15(21)12-8-11(20(23)24)4-5-14(12)18(2)16(19)22;/h4-5,8,10,13,17H,3,6-7,9H2,1-2H3;1H. The lowest BCUT2D eigenvalue weighted by molar-refractivity contribution is -0.384. The van der Waals surface area contributed by atoms with E-state index in [1.165, 1.54) is 27.3 Å². The van der Waals surface area contributed by atoms with E-state index < -0.39 is 10.5 Å². The minimum absolute atomic E-state index is 0. The van der Waals surface area contributed by atoms with Gasteiger partial charge in [-0.3, -0.25) is 24.0 Å². The number of nitro groups is 1. The molecule has 1 aliphatic heterocycles. The van der Waals surface area contributed by atoms with Gasteiger partial charge in [0.25, 0.3) is 11.2 Å². The molecule has 9 heteroatoms. The maximum absolute atomic E-state index is 12.9. The second-order valence-corrected chi connectivity index (χ2v) is 6.20. The molecular formula is C16H21BrN4O4. The van der Waals surface area contributed by atoms with E-state index in [1.807, 2.05) is 6.92 Å². The maximum atomic E-state index is 12.9. The van der Waals surface area contributed by atoms with Crippen molar-refractivity contribution in [1.82, 2.24) is 14.5 Å². The van der Waals surface area contributed by atoms with Crippen LogP contribution < -0.4 is 16.6 Å². The van der Waals surface area contributed by atoms with Crippen molar-refractivity contribution in [2.75, 3.05) is 13.1 Å². The van der Waals surface area contributed by atoms with Crippen LogP contribution in [0.3, 0.4) is 0 Å². The van der Waals surface area contributed by atoms with Gasteiger partial charge >= 0.3 is 5.69 Å². The second-order valence-electron chi connectivity index (χ2n) is 6.20. The van der Waals surface area contributed by atoms with Gasteiger partial charge in [0.2, 0.25) is 0 Å². The maximum Gasteiger partial charge on any atom is 0.331 e. The first kappa shape index (κ1) is 19.3. The number of fused-ring (bicyclic) bond motifs is 1. The number of piperidine rings is 1. The first-order chi connectivity index (χ1) is 11.5. The number of hydrogen-bond acceptors (Lipinski definition) is 5. The molecule has 1 N–H and O–H groups in total.